The molecule has 0 radical (unpaired) electrons. The summed E-state index contributed by atoms with van der Waals surface area (Å²) < 4.78 is 35.0. The van der Waals surface area contributed by atoms with Gasteiger partial charge in [-0.2, -0.15) is 0 Å². The first-order chi connectivity index (χ1) is 14.9. The Balaban J connectivity index is 2.12. The summed E-state index contributed by atoms with van der Waals surface area (Å²) in [5.41, 5.74) is 0.250. The lowest BCUT2D eigenvalue weighted by molar-refractivity contribution is 0.0978. The summed E-state index contributed by atoms with van der Waals surface area (Å²) in [4.78, 5) is 12.3. The van der Waals surface area contributed by atoms with E-state index in [1.54, 1.807) is 6.07 Å². The molecule has 0 amide bonds. The number of hydrogen-bond acceptors (Lipinski definition) is 4. The fourth-order valence-corrected chi connectivity index (χ4v) is 6.69. The van der Waals surface area contributed by atoms with Crippen LogP contribution in [0.2, 0.25) is 0 Å². The number of benzene rings is 1. The zero-order valence-corrected chi connectivity index (χ0v) is 22.0. The molecule has 0 aliphatic carbocycles. The molecule has 0 saturated carbocycles. The third-order valence-electron chi connectivity index (χ3n) is 5.65. The molecule has 0 spiro atoms. The van der Waals surface area contributed by atoms with Gasteiger partial charge in [-0.1, -0.05) is 109 Å². The topological polar surface area (TPSA) is 94.3 Å². The monoisotopic (exact) mass is 565 g/mol. The Morgan fingerprint density at radius 1 is 0.806 bits per heavy atom. The molecular weight excluding hydrogens is 525 g/mol. The van der Waals surface area contributed by atoms with Gasteiger partial charge in [-0.15, -0.1) is 0 Å². The Bertz CT molecular complexity index is 765. The van der Waals surface area contributed by atoms with Gasteiger partial charge in [0.2, 0.25) is 10.0 Å². The van der Waals surface area contributed by atoms with Gasteiger partial charge in [0, 0.05) is 12.0 Å². The summed E-state index contributed by atoms with van der Waals surface area (Å²) in [7, 11) is -3.98. The molecule has 7 heteroatoms. The Morgan fingerprint density at radius 3 is 1.68 bits per heavy atom. The molecule has 0 heterocycles. The molecule has 0 fully saturated rings. The first kappa shape index (κ1) is 28.4. The number of hydrogen-bond donors (Lipinski definition) is 1. The minimum Gasteiger partial charge on any atom is -0.294 e. The molecule has 178 valence electrons. The third-order valence-corrected chi connectivity index (χ3v) is 8.58. The zero-order chi connectivity index (χ0) is 23.0. The number of carbonyl (C=O) groups is 1. The minimum absolute atomic E-state index is 0.106. The van der Waals surface area contributed by atoms with Gasteiger partial charge in [0.05, 0.1) is 8.47 Å². The lowest BCUT2D eigenvalue weighted by Crippen LogP contribution is -2.16. The molecule has 0 aromatic heterocycles. The smallest absolute Gasteiger partial charge is 0.239 e. The highest BCUT2D eigenvalue weighted by Gasteiger charge is 2.20. The van der Waals surface area contributed by atoms with Crippen LogP contribution in [0.25, 0.3) is 0 Å². The third kappa shape index (κ3) is 12.2. The maximum Gasteiger partial charge on any atom is 0.239 e. The molecule has 0 saturated heterocycles. The van der Waals surface area contributed by atoms with E-state index in [-0.39, 0.29) is 19.8 Å². The van der Waals surface area contributed by atoms with Crippen molar-refractivity contribution in [2.24, 2.45) is 5.14 Å². The summed E-state index contributed by atoms with van der Waals surface area (Å²) in [6.45, 7) is 2.25. The fourth-order valence-electron chi connectivity index (χ4n) is 3.82. The number of rotatable bonds is 19. The predicted octanol–water partition coefficient (Wildman–Crippen LogP) is 7.26. The van der Waals surface area contributed by atoms with Crippen LogP contribution in [-0.4, -0.2) is 14.2 Å². The standard InChI is InChI=1S/C24H40INO4S/c1-2-3-4-5-6-7-8-9-10-11-12-13-14-15-16-19-22(27)21-18-17-20-23(24(21)25-28)31(26,29)30/h17-18,20H,2-16,19H2,1H3,(H2,26,29,30). The highest BCUT2D eigenvalue weighted by atomic mass is 127. The molecule has 2 N–H and O–H groups in total. The number of carbonyl (C=O) groups excluding carboxylic acids is 1. The van der Waals surface area contributed by atoms with Crippen molar-refractivity contribution in [2.75, 3.05) is 0 Å². The van der Waals surface area contributed by atoms with Gasteiger partial charge in [0.25, 0.3) is 0 Å². The lowest BCUT2D eigenvalue weighted by atomic mass is 10.0. The van der Waals surface area contributed by atoms with Crippen molar-refractivity contribution in [1.82, 2.24) is 0 Å². The highest BCUT2D eigenvalue weighted by Crippen LogP contribution is 2.25. The van der Waals surface area contributed by atoms with Crippen LogP contribution in [0.4, 0.5) is 0 Å². The van der Waals surface area contributed by atoms with Crippen LogP contribution in [0, 0.1) is 3.57 Å². The number of ketones is 1. The summed E-state index contributed by atoms with van der Waals surface area (Å²) in [5, 5.41) is 5.18. The number of sulfonamides is 1. The van der Waals surface area contributed by atoms with Gasteiger partial charge >= 0.3 is 0 Å². The van der Waals surface area contributed by atoms with E-state index in [1.807, 2.05) is 0 Å². The van der Waals surface area contributed by atoms with E-state index in [9.17, 15) is 16.3 Å². The van der Waals surface area contributed by atoms with Crippen molar-refractivity contribution in [3.8, 4) is 0 Å². The first-order valence-electron chi connectivity index (χ1n) is 11.9. The fraction of sp³-hybridized carbons (Fsp3) is 0.708. The van der Waals surface area contributed by atoms with Crippen molar-refractivity contribution in [2.45, 2.75) is 115 Å². The van der Waals surface area contributed by atoms with Crippen molar-refractivity contribution in [1.29, 1.82) is 0 Å². The maximum atomic E-state index is 12.5. The zero-order valence-electron chi connectivity index (χ0n) is 19.0. The molecule has 5 nitrogen and oxygen atoms in total. The van der Waals surface area contributed by atoms with Crippen molar-refractivity contribution in [3.05, 3.63) is 27.3 Å². The summed E-state index contributed by atoms with van der Waals surface area (Å²) in [6, 6.07) is 4.35. The molecule has 0 unspecified atom stereocenters. The molecule has 0 aliphatic rings. The summed E-state index contributed by atoms with van der Waals surface area (Å²) >= 11 is -1.80. The number of unbranched alkanes of at least 4 members (excludes halogenated alkanes) is 14. The molecule has 1 rings (SSSR count). The summed E-state index contributed by atoms with van der Waals surface area (Å²) in [5.74, 6) is -0.147. The second-order valence-corrected chi connectivity index (χ2v) is 11.4. The number of Topliss-reactive ketones (excluding diaryl/α,β-unsaturated/α-hetero) is 1. The van der Waals surface area contributed by atoms with Crippen LogP contribution < -0.4 is 5.14 Å². The van der Waals surface area contributed by atoms with E-state index in [1.165, 1.54) is 89.2 Å². The van der Waals surface area contributed by atoms with Crippen LogP contribution in [0.5, 0.6) is 0 Å². The first-order valence-corrected chi connectivity index (χ1v) is 15.4. The van der Waals surface area contributed by atoms with E-state index < -0.39 is 31.2 Å². The van der Waals surface area contributed by atoms with Gasteiger partial charge in [0.15, 0.2) is 27.0 Å². The largest absolute Gasteiger partial charge is 0.294 e. The number of nitrogens with two attached hydrogens (primary N) is 1. The molecule has 0 aliphatic heterocycles. The van der Waals surface area contributed by atoms with Crippen LogP contribution in [0.1, 0.15) is 120 Å². The predicted molar refractivity (Wildman–Crippen MR) is 135 cm³/mol. The Kier molecular flexibility index (Phi) is 15.5. The van der Waals surface area contributed by atoms with Crippen molar-refractivity contribution in [3.63, 3.8) is 0 Å². The molecule has 0 bridgehead atoms. The minimum atomic E-state index is -3.98. The maximum absolute atomic E-state index is 12.5. The molecule has 0 atom stereocenters. The average molecular weight is 566 g/mol. The van der Waals surface area contributed by atoms with Crippen molar-refractivity contribution >= 4 is 37.0 Å². The normalized spacial score (nSPS) is 11.7. The number of primary sulfonamides is 1. The van der Waals surface area contributed by atoms with Crippen molar-refractivity contribution < 1.29 is 16.3 Å². The van der Waals surface area contributed by atoms with E-state index in [0.717, 1.165) is 19.3 Å². The Morgan fingerprint density at radius 2 is 1.26 bits per heavy atom. The van der Waals surface area contributed by atoms with Crippen LogP contribution in [0.3, 0.4) is 0 Å². The molecular formula is C24H40INO4S. The van der Waals surface area contributed by atoms with Gasteiger partial charge in [-0.05, 0) is 12.5 Å². The molecule has 1 aromatic carbocycles. The second kappa shape index (κ2) is 16.9. The van der Waals surface area contributed by atoms with Crippen LogP contribution in [0.15, 0.2) is 23.1 Å². The molecule has 31 heavy (non-hydrogen) atoms. The SMILES string of the molecule is CCCCCCCCCCCCCCCCCC(=O)c1cccc(S(N)(=O)=O)c1I=O. The lowest BCUT2D eigenvalue weighted by Gasteiger charge is -2.07. The van der Waals surface area contributed by atoms with Gasteiger partial charge < -0.3 is 0 Å². The Labute approximate surface area is 199 Å². The second-order valence-electron chi connectivity index (χ2n) is 8.36. The number of halogens is 1. The van der Waals surface area contributed by atoms with Gasteiger partial charge in [-0.25, -0.2) is 13.6 Å². The molecule has 1 aromatic rings. The van der Waals surface area contributed by atoms with E-state index in [0.29, 0.717) is 6.42 Å². The van der Waals surface area contributed by atoms with Gasteiger partial charge in [-0.3, -0.25) is 7.86 Å². The van der Waals surface area contributed by atoms with Crippen LogP contribution in [-0.2, 0) is 13.1 Å². The highest BCUT2D eigenvalue weighted by molar-refractivity contribution is 14.1. The van der Waals surface area contributed by atoms with E-state index in [2.05, 4.69) is 6.92 Å². The van der Waals surface area contributed by atoms with Gasteiger partial charge in [0.1, 0.15) is 0 Å². The van der Waals surface area contributed by atoms with Crippen LogP contribution >= 0.6 is 21.2 Å². The quantitative estimate of drug-likeness (QED) is 0.109. The van der Waals surface area contributed by atoms with E-state index >= 15 is 0 Å². The van der Waals surface area contributed by atoms with E-state index in [4.69, 9.17) is 5.14 Å². The Hall–Kier alpha value is -0.670. The average Bonchev–Trinajstić information content (AvgIpc) is 2.75. The summed E-state index contributed by atoms with van der Waals surface area (Å²) in [6.07, 6.45) is 19.3.